The SMILES string of the molecule is Cc1nn(-c2ccccc2)c(C)c1NC(=O)CCOc1cccc(Cl)c1Cl. The highest BCUT2D eigenvalue weighted by Crippen LogP contribution is 2.31. The van der Waals surface area contributed by atoms with Crippen LogP contribution in [-0.4, -0.2) is 22.3 Å². The van der Waals surface area contributed by atoms with Crippen molar-refractivity contribution in [2.24, 2.45) is 0 Å². The topological polar surface area (TPSA) is 56.2 Å². The van der Waals surface area contributed by atoms with E-state index in [1.54, 1.807) is 18.2 Å². The smallest absolute Gasteiger partial charge is 0.227 e. The number of benzene rings is 2. The Labute approximate surface area is 167 Å². The summed E-state index contributed by atoms with van der Waals surface area (Å²) in [6, 6.07) is 14.9. The summed E-state index contributed by atoms with van der Waals surface area (Å²) in [7, 11) is 0. The molecule has 0 saturated heterocycles. The third kappa shape index (κ3) is 4.43. The molecule has 2 aromatic carbocycles. The van der Waals surface area contributed by atoms with Gasteiger partial charge in [-0.05, 0) is 38.1 Å². The van der Waals surface area contributed by atoms with E-state index < -0.39 is 0 Å². The van der Waals surface area contributed by atoms with E-state index in [9.17, 15) is 4.79 Å². The van der Waals surface area contributed by atoms with Crippen LogP contribution in [0.4, 0.5) is 5.69 Å². The molecule has 0 aliphatic carbocycles. The number of carbonyl (C=O) groups excluding carboxylic acids is 1. The van der Waals surface area contributed by atoms with Crippen LogP contribution in [0.5, 0.6) is 5.75 Å². The van der Waals surface area contributed by atoms with Crippen LogP contribution in [0.15, 0.2) is 48.5 Å². The van der Waals surface area contributed by atoms with Gasteiger partial charge in [-0.25, -0.2) is 4.68 Å². The maximum Gasteiger partial charge on any atom is 0.227 e. The minimum absolute atomic E-state index is 0.160. The van der Waals surface area contributed by atoms with E-state index in [0.29, 0.717) is 21.5 Å². The third-order valence-corrected chi connectivity index (χ3v) is 4.86. The second-order valence-corrected chi connectivity index (χ2v) is 6.78. The molecule has 0 aliphatic rings. The lowest BCUT2D eigenvalue weighted by Gasteiger charge is -2.10. The molecule has 0 unspecified atom stereocenters. The highest BCUT2D eigenvalue weighted by atomic mass is 35.5. The number of rotatable bonds is 6. The van der Waals surface area contributed by atoms with E-state index in [1.165, 1.54) is 0 Å². The summed E-state index contributed by atoms with van der Waals surface area (Å²) in [5.74, 6) is 0.299. The molecule has 0 spiro atoms. The molecule has 0 fully saturated rings. The highest BCUT2D eigenvalue weighted by Gasteiger charge is 2.15. The van der Waals surface area contributed by atoms with E-state index in [0.717, 1.165) is 17.1 Å². The molecule has 5 nitrogen and oxygen atoms in total. The molecule has 1 aromatic heterocycles. The lowest BCUT2D eigenvalue weighted by molar-refractivity contribution is -0.116. The van der Waals surface area contributed by atoms with E-state index >= 15 is 0 Å². The van der Waals surface area contributed by atoms with Gasteiger partial charge in [-0.1, -0.05) is 47.5 Å². The fourth-order valence-corrected chi connectivity index (χ4v) is 3.04. The number of halogens is 2. The number of carbonyl (C=O) groups is 1. The van der Waals surface area contributed by atoms with E-state index in [2.05, 4.69) is 10.4 Å². The number of nitrogens with one attached hydrogen (secondary N) is 1. The largest absolute Gasteiger partial charge is 0.491 e. The highest BCUT2D eigenvalue weighted by molar-refractivity contribution is 6.42. The predicted molar refractivity (Wildman–Crippen MR) is 108 cm³/mol. The summed E-state index contributed by atoms with van der Waals surface area (Å²) >= 11 is 12.0. The van der Waals surface area contributed by atoms with Gasteiger partial charge in [0.25, 0.3) is 0 Å². The van der Waals surface area contributed by atoms with Gasteiger partial charge < -0.3 is 10.1 Å². The van der Waals surface area contributed by atoms with Gasteiger partial charge in [0.2, 0.25) is 5.91 Å². The molecule has 0 bridgehead atoms. The average Bonchev–Trinajstić information content (AvgIpc) is 2.94. The quantitative estimate of drug-likeness (QED) is 0.614. The third-order valence-electron chi connectivity index (χ3n) is 4.06. The standard InChI is InChI=1S/C20H19Cl2N3O2/c1-13-20(14(2)25(24-13)15-7-4-3-5-8-15)23-18(26)11-12-27-17-10-6-9-16(21)19(17)22/h3-10H,11-12H2,1-2H3,(H,23,26). The maximum atomic E-state index is 12.3. The zero-order chi connectivity index (χ0) is 19.4. The fourth-order valence-electron chi connectivity index (χ4n) is 2.70. The summed E-state index contributed by atoms with van der Waals surface area (Å²) in [4.78, 5) is 12.3. The van der Waals surface area contributed by atoms with E-state index in [1.807, 2.05) is 48.9 Å². The van der Waals surface area contributed by atoms with Crippen molar-refractivity contribution >= 4 is 34.8 Å². The van der Waals surface area contributed by atoms with Crippen molar-refractivity contribution in [3.63, 3.8) is 0 Å². The molecule has 7 heteroatoms. The zero-order valence-electron chi connectivity index (χ0n) is 15.0. The lowest BCUT2D eigenvalue weighted by Crippen LogP contribution is -2.16. The number of hydrogen-bond donors (Lipinski definition) is 1. The number of ether oxygens (including phenoxy) is 1. The van der Waals surface area contributed by atoms with Gasteiger partial charge in [0.1, 0.15) is 10.8 Å². The van der Waals surface area contributed by atoms with Crippen LogP contribution < -0.4 is 10.1 Å². The van der Waals surface area contributed by atoms with Gasteiger partial charge in [0, 0.05) is 0 Å². The van der Waals surface area contributed by atoms with Gasteiger partial charge in [-0.2, -0.15) is 5.10 Å². The Kier molecular flexibility index (Phi) is 6.04. The summed E-state index contributed by atoms with van der Waals surface area (Å²) in [6.07, 6.45) is 0.179. The second-order valence-electron chi connectivity index (χ2n) is 5.99. The van der Waals surface area contributed by atoms with Crippen molar-refractivity contribution in [2.45, 2.75) is 20.3 Å². The Morgan fingerprint density at radius 1 is 1.11 bits per heavy atom. The van der Waals surface area contributed by atoms with Crippen molar-refractivity contribution < 1.29 is 9.53 Å². The van der Waals surface area contributed by atoms with Crippen LogP contribution in [-0.2, 0) is 4.79 Å². The first kappa shape index (κ1) is 19.3. The molecule has 140 valence electrons. The van der Waals surface area contributed by atoms with Crippen molar-refractivity contribution in [1.82, 2.24) is 9.78 Å². The molecule has 0 radical (unpaired) electrons. The Morgan fingerprint density at radius 3 is 2.59 bits per heavy atom. The number of aromatic nitrogens is 2. The first-order valence-corrected chi connectivity index (χ1v) is 9.21. The molecular formula is C20H19Cl2N3O2. The van der Waals surface area contributed by atoms with Gasteiger partial charge >= 0.3 is 0 Å². The number of amides is 1. The summed E-state index contributed by atoms with van der Waals surface area (Å²) in [5.41, 5.74) is 3.27. The summed E-state index contributed by atoms with van der Waals surface area (Å²) < 4.78 is 7.38. The monoisotopic (exact) mass is 403 g/mol. The van der Waals surface area contributed by atoms with Gasteiger partial charge in [-0.15, -0.1) is 0 Å². The minimum atomic E-state index is -0.160. The predicted octanol–water partition coefficient (Wildman–Crippen LogP) is 5.20. The first-order chi connectivity index (χ1) is 13.0. The van der Waals surface area contributed by atoms with Gasteiger partial charge in [0.05, 0.1) is 40.8 Å². The first-order valence-electron chi connectivity index (χ1n) is 8.45. The zero-order valence-corrected chi connectivity index (χ0v) is 16.5. The van der Waals surface area contributed by atoms with Crippen LogP contribution in [0.1, 0.15) is 17.8 Å². The lowest BCUT2D eigenvalue weighted by atomic mass is 10.2. The van der Waals surface area contributed by atoms with Crippen LogP contribution in [0.3, 0.4) is 0 Å². The Balaban J connectivity index is 1.63. The second kappa shape index (κ2) is 8.46. The Bertz CT molecular complexity index is 955. The van der Waals surface area contributed by atoms with Gasteiger partial charge in [-0.3, -0.25) is 4.79 Å². The number of nitrogens with zero attached hydrogens (tertiary/aromatic N) is 2. The molecule has 1 heterocycles. The normalized spacial score (nSPS) is 10.7. The van der Waals surface area contributed by atoms with Crippen molar-refractivity contribution in [2.75, 3.05) is 11.9 Å². The molecule has 0 atom stereocenters. The Morgan fingerprint density at radius 2 is 1.85 bits per heavy atom. The van der Waals surface area contributed by atoms with Crippen molar-refractivity contribution in [1.29, 1.82) is 0 Å². The Hall–Kier alpha value is -2.50. The van der Waals surface area contributed by atoms with E-state index in [4.69, 9.17) is 27.9 Å². The maximum absolute atomic E-state index is 12.3. The number of para-hydroxylation sites is 1. The fraction of sp³-hybridized carbons (Fsp3) is 0.200. The van der Waals surface area contributed by atoms with Gasteiger partial charge in [0.15, 0.2) is 0 Å². The number of anilines is 1. The molecule has 0 aliphatic heterocycles. The molecule has 27 heavy (non-hydrogen) atoms. The van der Waals surface area contributed by atoms with Crippen LogP contribution in [0, 0.1) is 13.8 Å². The van der Waals surface area contributed by atoms with Crippen LogP contribution in [0.2, 0.25) is 10.0 Å². The number of aryl methyl sites for hydroxylation is 1. The molecule has 1 N–H and O–H groups in total. The van der Waals surface area contributed by atoms with Crippen molar-refractivity contribution in [3.8, 4) is 11.4 Å². The summed E-state index contributed by atoms with van der Waals surface area (Å²) in [6.45, 7) is 3.98. The molecule has 3 aromatic rings. The van der Waals surface area contributed by atoms with Crippen LogP contribution >= 0.6 is 23.2 Å². The molecule has 1 amide bonds. The average molecular weight is 404 g/mol. The molecular weight excluding hydrogens is 385 g/mol. The van der Waals surface area contributed by atoms with Crippen molar-refractivity contribution in [3.05, 3.63) is 70.0 Å². The number of hydrogen-bond acceptors (Lipinski definition) is 3. The minimum Gasteiger partial charge on any atom is -0.491 e. The molecule has 0 saturated carbocycles. The molecule has 3 rings (SSSR count). The van der Waals surface area contributed by atoms with Crippen LogP contribution in [0.25, 0.3) is 5.69 Å². The van der Waals surface area contributed by atoms with E-state index in [-0.39, 0.29) is 18.9 Å². The summed E-state index contributed by atoms with van der Waals surface area (Å²) in [5, 5.41) is 8.20.